The van der Waals surface area contributed by atoms with Crippen LogP contribution in [0.25, 0.3) is 0 Å². The van der Waals surface area contributed by atoms with Crippen LogP contribution in [0, 0.1) is 0 Å². The number of benzene rings is 1. The summed E-state index contributed by atoms with van der Waals surface area (Å²) in [5.41, 5.74) is 2.36. The van der Waals surface area contributed by atoms with Crippen molar-refractivity contribution in [1.82, 2.24) is 0 Å². The minimum absolute atomic E-state index is 0.295. The van der Waals surface area contributed by atoms with Crippen molar-refractivity contribution in [2.75, 3.05) is 18.5 Å². The van der Waals surface area contributed by atoms with Gasteiger partial charge in [0.2, 0.25) is 0 Å². The highest BCUT2D eigenvalue weighted by Crippen LogP contribution is 2.10. The fourth-order valence-electron chi connectivity index (χ4n) is 1.42. The third-order valence-corrected chi connectivity index (χ3v) is 2.30. The molecule has 0 bridgehead atoms. The maximum atomic E-state index is 11.0. The van der Waals surface area contributed by atoms with Crippen molar-refractivity contribution in [3.8, 4) is 0 Å². The van der Waals surface area contributed by atoms with E-state index in [-0.39, 0.29) is 5.97 Å². The standard InChI is InChI=1S/C14H19NO2/c1-3-12-7-5-8-13(11-12)15-10-6-9-14(16)17-4-2/h5-9,11,15H,3-4,10H2,1-2H3/b9-6+. The molecule has 1 N–H and O–H groups in total. The number of hydrogen-bond donors (Lipinski definition) is 1. The topological polar surface area (TPSA) is 38.3 Å². The molecule has 0 aliphatic carbocycles. The van der Waals surface area contributed by atoms with Crippen LogP contribution in [0.1, 0.15) is 19.4 Å². The number of anilines is 1. The lowest BCUT2D eigenvalue weighted by Crippen LogP contribution is -2.02. The fourth-order valence-corrected chi connectivity index (χ4v) is 1.42. The summed E-state index contributed by atoms with van der Waals surface area (Å²) >= 11 is 0. The highest BCUT2D eigenvalue weighted by atomic mass is 16.5. The molecule has 0 aliphatic heterocycles. The molecule has 92 valence electrons. The fraction of sp³-hybridized carbons (Fsp3) is 0.357. The van der Waals surface area contributed by atoms with E-state index in [2.05, 4.69) is 24.4 Å². The van der Waals surface area contributed by atoms with Crippen LogP contribution in [-0.4, -0.2) is 19.1 Å². The van der Waals surface area contributed by atoms with E-state index < -0.39 is 0 Å². The van der Waals surface area contributed by atoms with E-state index in [0.717, 1.165) is 12.1 Å². The molecule has 0 amide bonds. The van der Waals surface area contributed by atoms with Gasteiger partial charge >= 0.3 is 5.97 Å². The van der Waals surface area contributed by atoms with E-state index >= 15 is 0 Å². The largest absolute Gasteiger partial charge is 0.463 e. The van der Waals surface area contributed by atoms with E-state index in [1.165, 1.54) is 11.6 Å². The lowest BCUT2D eigenvalue weighted by molar-refractivity contribution is -0.137. The Morgan fingerprint density at radius 2 is 2.24 bits per heavy atom. The Hall–Kier alpha value is -1.77. The molecule has 0 radical (unpaired) electrons. The predicted octanol–water partition coefficient (Wildman–Crippen LogP) is 2.78. The van der Waals surface area contributed by atoms with E-state index in [1.807, 2.05) is 12.1 Å². The van der Waals surface area contributed by atoms with Gasteiger partial charge in [-0.15, -0.1) is 0 Å². The first-order valence-electron chi connectivity index (χ1n) is 5.92. The third-order valence-electron chi connectivity index (χ3n) is 2.30. The third kappa shape index (κ3) is 5.20. The molecule has 0 fully saturated rings. The van der Waals surface area contributed by atoms with E-state index in [9.17, 15) is 4.79 Å². The zero-order valence-corrected chi connectivity index (χ0v) is 10.4. The number of nitrogens with one attached hydrogen (secondary N) is 1. The first-order valence-corrected chi connectivity index (χ1v) is 5.92. The van der Waals surface area contributed by atoms with Gasteiger partial charge in [0, 0.05) is 18.3 Å². The molecule has 0 atom stereocenters. The van der Waals surface area contributed by atoms with Gasteiger partial charge in [0.25, 0.3) is 0 Å². The summed E-state index contributed by atoms with van der Waals surface area (Å²) in [5.74, 6) is -0.295. The van der Waals surface area contributed by atoms with Gasteiger partial charge in [0.1, 0.15) is 0 Å². The zero-order valence-electron chi connectivity index (χ0n) is 10.4. The molecule has 1 aromatic rings. The number of carbonyl (C=O) groups excluding carboxylic acids is 1. The van der Waals surface area contributed by atoms with Gasteiger partial charge in [-0.25, -0.2) is 4.79 Å². The molecule has 0 saturated heterocycles. The van der Waals surface area contributed by atoms with Crippen LogP contribution in [0.4, 0.5) is 5.69 Å². The number of ether oxygens (including phenoxy) is 1. The van der Waals surface area contributed by atoms with E-state index in [0.29, 0.717) is 13.2 Å². The van der Waals surface area contributed by atoms with Crippen molar-refractivity contribution >= 4 is 11.7 Å². The van der Waals surface area contributed by atoms with Gasteiger partial charge in [-0.05, 0) is 31.0 Å². The number of rotatable bonds is 6. The molecular formula is C14H19NO2. The Morgan fingerprint density at radius 3 is 2.94 bits per heavy atom. The summed E-state index contributed by atoms with van der Waals surface area (Å²) in [6.07, 6.45) is 4.23. The molecule has 0 unspecified atom stereocenters. The Kier molecular flexibility index (Phi) is 5.86. The molecule has 0 heterocycles. The van der Waals surface area contributed by atoms with Crippen LogP contribution in [0.5, 0.6) is 0 Å². The summed E-state index contributed by atoms with van der Waals surface area (Å²) in [4.78, 5) is 11.0. The smallest absolute Gasteiger partial charge is 0.330 e. The number of hydrogen-bond acceptors (Lipinski definition) is 3. The van der Waals surface area contributed by atoms with Crippen LogP contribution in [0.2, 0.25) is 0 Å². The predicted molar refractivity (Wildman–Crippen MR) is 70.1 cm³/mol. The minimum Gasteiger partial charge on any atom is -0.463 e. The van der Waals surface area contributed by atoms with Gasteiger partial charge in [0.05, 0.1) is 6.61 Å². The minimum atomic E-state index is -0.295. The number of aryl methyl sites for hydroxylation is 1. The second kappa shape index (κ2) is 7.49. The van der Waals surface area contributed by atoms with Gasteiger partial charge < -0.3 is 10.1 Å². The molecule has 3 heteroatoms. The molecule has 1 aromatic carbocycles. The molecule has 0 aromatic heterocycles. The second-order valence-electron chi connectivity index (χ2n) is 3.59. The van der Waals surface area contributed by atoms with Crippen molar-refractivity contribution in [2.45, 2.75) is 20.3 Å². The maximum absolute atomic E-state index is 11.0. The van der Waals surface area contributed by atoms with Crippen LogP contribution in [0.15, 0.2) is 36.4 Å². The number of carbonyl (C=O) groups is 1. The van der Waals surface area contributed by atoms with Gasteiger partial charge in [-0.3, -0.25) is 0 Å². The Morgan fingerprint density at radius 1 is 1.41 bits per heavy atom. The summed E-state index contributed by atoms with van der Waals surface area (Å²) in [6.45, 7) is 4.95. The lowest BCUT2D eigenvalue weighted by Gasteiger charge is -2.04. The van der Waals surface area contributed by atoms with Crippen molar-refractivity contribution in [3.63, 3.8) is 0 Å². The quantitative estimate of drug-likeness (QED) is 0.606. The lowest BCUT2D eigenvalue weighted by atomic mass is 10.1. The van der Waals surface area contributed by atoms with Crippen LogP contribution < -0.4 is 5.32 Å². The molecule has 0 saturated carbocycles. The Bertz CT molecular complexity index is 386. The molecule has 3 nitrogen and oxygen atoms in total. The van der Waals surface area contributed by atoms with Crippen molar-refractivity contribution in [1.29, 1.82) is 0 Å². The van der Waals surface area contributed by atoms with Crippen LogP contribution in [0.3, 0.4) is 0 Å². The van der Waals surface area contributed by atoms with Crippen molar-refractivity contribution in [3.05, 3.63) is 42.0 Å². The number of esters is 1. The molecular weight excluding hydrogens is 214 g/mol. The monoisotopic (exact) mass is 233 g/mol. The SMILES string of the molecule is CCOC(=O)/C=C/CNc1cccc(CC)c1. The highest BCUT2D eigenvalue weighted by Gasteiger charge is 1.94. The normalized spacial score (nSPS) is 10.5. The average Bonchev–Trinajstić information content (AvgIpc) is 2.35. The van der Waals surface area contributed by atoms with Gasteiger partial charge in [0.15, 0.2) is 0 Å². The summed E-state index contributed by atoms with van der Waals surface area (Å²) in [5, 5.41) is 3.22. The Labute approximate surface area is 102 Å². The van der Waals surface area contributed by atoms with Crippen molar-refractivity contribution in [2.24, 2.45) is 0 Å². The van der Waals surface area contributed by atoms with E-state index in [1.54, 1.807) is 13.0 Å². The average molecular weight is 233 g/mol. The second-order valence-corrected chi connectivity index (χ2v) is 3.59. The van der Waals surface area contributed by atoms with Crippen LogP contribution >= 0.6 is 0 Å². The first kappa shape index (κ1) is 13.3. The highest BCUT2D eigenvalue weighted by molar-refractivity contribution is 5.81. The zero-order chi connectivity index (χ0) is 12.5. The summed E-state index contributed by atoms with van der Waals surface area (Å²) in [7, 11) is 0. The van der Waals surface area contributed by atoms with Crippen LogP contribution in [-0.2, 0) is 16.0 Å². The Balaban J connectivity index is 2.37. The van der Waals surface area contributed by atoms with Crippen molar-refractivity contribution < 1.29 is 9.53 Å². The van der Waals surface area contributed by atoms with E-state index in [4.69, 9.17) is 4.74 Å². The van der Waals surface area contributed by atoms with Gasteiger partial charge in [-0.1, -0.05) is 25.1 Å². The molecule has 0 spiro atoms. The summed E-state index contributed by atoms with van der Waals surface area (Å²) in [6, 6.07) is 8.24. The van der Waals surface area contributed by atoms with Gasteiger partial charge in [-0.2, -0.15) is 0 Å². The molecule has 0 aliphatic rings. The first-order chi connectivity index (χ1) is 8.26. The molecule has 17 heavy (non-hydrogen) atoms. The molecule has 1 rings (SSSR count). The maximum Gasteiger partial charge on any atom is 0.330 e. The summed E-state index contributed by atoms with van der Waals surface area (Å²) < 4.78 is 4.78.